The molecule has 1 aromatic heterocycles. The molecular weight excluding hydrogens is 220 g/mol. The van der Waals surface area contributed by atoms with Gasteiger partial charge in [0.2, 0.25) is 0 Å². The van der Waals surface area contributed by atoms with Gasteiger partial charge in [0.05, 0.1) is 21.4 Å². The van der Waals surface area contributed by atoms with Crippen LogP contribution in [0.15, 0.2) is 24.4 Å². The van der Waals surface area contributed by atoms with Crippen LogP contribution in [-0.4, -0.2) is 15.7 Å². The van der Waals surface area contributed by atoms with Crippen LogP contribution in [0.1, 0.15) is 24.2 Å². The summed E-state index contributed by atoms with van der Waals surface area (Å²) in [5.74, 6) is -0.278. The summed E-state index contributed by atoms with van der Waals surface area (Å²) in [6.07, 6.45) is 1.54. The zero-order valence-electron chi connectivity index (χ0n) is 9.56. The lowest BCUT2D eigenvalue weighted by Crippen LogP contribution is -2.07. The highest BCUT2D eigenvalue weighted by atomic mass is 16.6. The van der Waals surface area contributed by atoms with E-state index in [1.807, 2.05) is 0 Å². The van der Waals surface area contributed by atoms with Crippen LogP contribution in [0.5, 0.6) is 0 Å². The molecule has 2 rings (SSSR count). The lowest BCUT2D eigenvalue weighted by Gasteiger charge is -2.02. The van der Waals surface area contributed by atoms with Gasteiger partial charge in [-0.15, -0.1) is 0 Å². The van der Waals surface area contributed by atoms with Gasteiger partial charge in [-0.25, -0.2) is 0 Å². The number of aromatic nitrogens is 1. The molecular formula is C12H12N2O3. The van der Waals surface area contributed by atoms with Crippen LogP contribution in [0.4, 0.5) is 5.69 Å². The highest BCUT2D eigenvalue weighted by Crippen LogP contribution is 2.29. The molecule has 1 aromatic carbocycles. The number of carbonyl (C=O) groups excluding carboxylic acids is 1. The molecule has 88 valence electrons. The van der Waals surface area contributed by atoms with Crippen LogP contribution in [-0.2, 0) is 0 Å². The Kier molecular flexibility index (Phi) is 2.67. The van der Waals surface area contributed by atoms with E-state index in [2.05, 4.69) is 4.98 Å². The van der Waals surface area contributed by atoms with Crippen molar-refractivity contribution in [2.45, 2.75) is 13.8 Å². The Morgan fingerprint density at radius 2 is 2.12 bits per heavy atom. The number of non-ortho nitro benzene ring substituents is 1. The Bertz CT molecular complexity index is 599. The number of nitrogens with one attached hydrogen (secondary N) is 1. The summed E-state index contributed by atoms with van der Waals surface area (Å²) in [4.78, 5) is 25.3. The van der Waals surface area contributed by atoms with Crippen molar-refractivity contribution in [2.75, 3.05) is 0 Å². The van der Waals surface area contributed by atoms with Crippen molar-refractivity contribution in [1.29, 1.82) is 0 Å². The maximum Gasteiger partial charge on any atom is 0.279 e. The second-order valence-corrected chi connectivity index (χ2v) is 4.18. The van der Waals surface area contributed by atoms with E-state index in [4.69, 9.17) is 0 Å². The van der Waals surface area contributed by atoms with Crippen LogP contribution in [0.3, 0.4) is 0 Å². The average Bonchev–Trinajstić information content (AvgIpc) is 2.70. The van der Waals surface area contributed by atoms with E-state index in [-0.39, 0.29) is 17.4 Å². The van der Waals surface area contributed by atoms with Crippen molar-refractivity contribution in [3.63, 3.8) is 0 Å². The first kappa shape index (κ1) is 11.3. The number of H-pyrrole nitrogens is 1. The number of nitro groups is 1. The Labute approximate surface area is 97.6 Å². The van der Waals surface area contributed by atoms with Crippen LogP contribution in [0.2, 0.25) is 0 Å². The van der Waals surface area contributed by atoms with Crippen LogP contribution < -0.4 is 0 Å². The van der Waals surface area contributed by atoms with Gasteiger partial charge in [-0.2, -0.15) is 0 Å². The fourth-order valence-corrected chi connectivity index (χ4v) is 1.82. The van der Waals surface area contributed by atoms with Gasteiger partial charge in [0.1, 0.15) is 0 Å². The maximum absolute atomic E-state index is 12.0. The largest absolute Gasteiger partial charge is 0.360 e. The highest BCUT2D eigenvalue weighted by Gasteiger charge is 2.22. The number of aromatic amines is 1. The van der Waals surface area contributed by atoms with Gasteiger partial charge in [-0.1, -0.05) is 19.9 Å². The molecule has 0 aliphatic rings. The summed E-state index contributed by atoms with van der Waals surface area (Å²) in [5.41, 5.74) is 0.971. The Balaban J connectivity index is 2.74. The summed E-state index contributed by atoms with van der Waals surface area (Å²) in [5, 5.41) is 11.3. The minimum atomic E-state index is -0.465. The van der Waals surface area contributed by atoms with E-state index in [1.54, 1.807) is 32.2 Å². The molecule has 0 unspecified atom stereocenters. The monoisotopic (exact) mass is 232 g/mol. The molecule has 1 heterocycles. The quantitative estimate of drug-likeness (QED) is 0.502. The lowest BCUT2D eigenvalue weighted by molar-refractivity contribution is -0.383. The van der Waals surface area contributed by atoms with Gasteiger partial charge in [0.25, 0.3) is 5.69 Å². The predicted octanol–water partition coefficient (Wildman–Crippen LogP) is 2.91. The topological polar surface area (TPSA) is 76.0 Å². The third-order valence-electron chi connectivity index (χ3n) is 2.67. The first-order valence-electron chi connectivity index (χ1n) is 5.31. The van der Waals surface area contributed by atoms with Crippen molar-refractivity contribution in [2.24, 2.45) is 5.92 Å². The molecule has 1 N–H and O–H groups in total. The lowest BCUT2D eigenvalue weighted by atomic mass is 10.00. The predicted molar refractivity (Wildman–Crippen MR) is 64.1 cm³/mol. The molecule has 0 aliphatic heterocycles. The molecule has 0 radical (unpaired) electrons. The smallest absolute Gasteiger partial charge is 0.279 e. The Morgan fingerprint density at radius 1 is 1.41 bits per heavy atom. The molecule has 0 aliphatic carbocycles. The van der Waals surface area contributed by atoms with Gasteiger partial charge < -0.3 is 4.98 Å². The third-order valence-corrected chi connectivity index (χ3v) is 2.67. The fourth-order valence-electron chi connectivity index (χ4n) is 1.82. The number of carbonyl (C=O) groups is 1. The number of nitro benzene ring substituents is 1. The molecule has 0 saturated carbocycles. The van der Waals surface area contributed by atoms with E-state index in [9.17, 15) is 14.9 Å². The average molecular weight is 232 g/mol. The number of Topliss-reactive ketones (excluding diaryl/α,β-unsaturated/α-hetero) is 1. The van der Waals surface area contributed by atoms with E-state index in [0.29, 0.717) is 16.5 Å². The van der Waals surface area contributed by atoms with Crippen molar-refractivity contribution in [3.8, 4) is 0 Å². The summed E-state index contributed by atoms with van der Waals surface area (Å²) < 4.78 is 0. The minimum Gasteiger partial charge on any atom is -0.360 e. The standard InChI is InChI=1S/C12H12N2O3/c1-7(2)12(15)8-6-13-9-4-3-5-10(11(8)9)14(16)17/h3-7,13H,1-2H3. The van der Waals surface area contributed by atoms with Crippen molar-refractivity contribution in [1.82, 2.24) is 4.98 Å². The van der Waals surface area contributed by atoms with Gasteiger partial charge in [-0.05, 0) is 6.07 Å². The van der Waals surface area contributed by atoms with Crippen molar-refractivity contribution < 1.29 is 9.72 Å². The van der Waals surface area contributed by atoms with E-state index in [1.165, 1.54) is 6.07 Å². The normalized spacial score (nSPS) is 11.0. The van der Waals surface area contributed by atoms with Crippen molar-refractivity contribution in [3.05, 3.63) is 40.1 Å². The summed E-state index contributed by atoms with van der Waals surface area (Å²) in [7, 11) is 0. The molecule has 0 bridgehead atoms. The van der Waals surface area contributed by atoms with Gasteiger partial charge >= 0.3 is 0 Å². The number of rotatable bonds is 3. The van der Waals surface area contributed by atoms with Crippen LogP contribution in [0, 0.1) is 16.0 Å². The summed E-state index contributed by atoms with van der Waals surface area (Å²) >= 11 is 0. The molecule has 0 atom stereocenters. The maximum atomic E-state index is 12.0. The van der Waals surface area contributed by atoms with Crippen LogP contribution in [0.25, 0.3) is 10.9 Å². The summed E-state index contributed by atoms with van der Waals surface area (Å²) in [6, 6.07) is 4.73. The number of benzene rings is 1. The number of ketones is 1. The molecule has 2 aromatic rings. The number of hydrogen-bond donors (Lipinski definition) is 1. The molecule has 0 fully saturated rings. The Morgan fingerprint density at radius 3 is 2.71 bits per heavy atom. The fraction of sp³-hybridized carbons (Fsp3) is 0.250. The first-order chi connectivity index (χ1) is 8.02. The molecule has 17 heavy (non-hydrogen) atoms. The number of hydrogen-bond acceptors (Lipinski definition) is 3. The number of nitrogens with zero attached hydrogens (tertiary/aromatic N) is 1. The van der Waals surface area contributed by atoms with E-state index < -0.39 is 4.92 Å². The first-order valence-corrected chi connectivity index (χ1v) is 5.31. The SMILES string of the molecule is CC(C)C(=O)c1c[nH]c2cccc([N+](=O)[O-])c12. The van der Waals surface area contributed by atoms with Gasteiger partial charge in [-0.3, -0.25) is 14.9 Å². The number of fused-ring (bicyclic) bond motifs is 1. The second-order valence-electron chi connectivity index (χ2n) is 4.18. The minimum absolute atomic E-state index is 0.0345. The molecule has 5 heteroatoms. The molecule has 5 nitrogen and oxygen atoms in total. The molecule has 0 spiro atoms. The van der Waals surface area contributed by atoms with E-state index >= 15 is 0 Å². The van der Waals surface area contributed by atoms with Crippen LogP contribution >= 0.6 is 0 Å². The molecule has 0 saturated heterocycles. The summed E-state index contributed by atoms with van der Waals surface area (Å²) in [6.45, 7) is 3.55. The van der Waals surface area contributed by atoms with Gasteiger partial charge in [0, 0.05) is 18.2 Å². The third kappa shape index (κ3) is 1.80. The zero-order chi connectivity index (χ0) is 12.6. The van der Waals surface area contributed by atoms with Gasteiger partial charge in [0.15, 0.2) is 5.78 Å². The zero-order valence-corrected chi connectivity index (χ0v) is 9.56. The Hall–Kier alpha value is -2.17. The van der Waals surface area contributed by atoms with Crippen molar-refractivity contribution >= 4 is 22.4 Å². The second kappa shape index (κ2) is 4.01. The highest BCUT2D eigenvalue weighted by molar-refractivity contribution is 6.11. The molecule has 0 amide bonds. The van der Waals surface area contributed by atoms with E-state index in [0.717, 1.165) is 0 Å².